The summed E-state index contributed by atoms with van der Waals surface area (Å²) < 4.78 is 1.25. The Hall–Kier alpha value is -2.37. The van der Waals surface area contributed by atoms with E-state index >= 15 is 0 Å². The highest BCUT2D eigenvalue weighted by Gasteiger charge is 2.16. The van der Waals surface area contributed by atoms with Crippen LogP contribution in [0.25, 0.3) is 11.0 Å². The molecule has 0 aliphatic heterocycles. The van der Waals surface area contributed by atoms with E-state index < -0.39 is 11.1 Å². The monoisotopic (exact) mass is 315 g/mol. The van der Waals surface area contributed by atoms with Crippen LogP contribution in [0, 0.1) is 0 Å². The second kappa shape index (κ2) is 6.81. The van der Waals surface area contributed by atoms with Gasteiger partial charge in [-0.05, 0) is 25.0 Å². The smallest absolute Gasteiger partial charge is 0.317 e. The zero-order chi connectivity index (χ0) is 16.2. The van der Waals surface area contributed by atoms with E-state index in [1.54, 1.807) is 24.3 Å². The van der Waals surface area contributed by atoms with Gasteiger partial charge in [0.1, 0.15) is 6.54 Å². The van der Waals surface area contributed by atoms with Crippen molar-refractivity contribution in [2.75, 3.05) is 0 Å². The lowest BCUT2D eigenvalue weighted by Gasteiger charge is -2.17. The topological polar surface area (TPSA) is 84.0 Å². The van der Waals surface area contributed by atoms with Gasteiger partial charge in [0.15, 0.2) is 0 Å². The van der Waals surface area contributed by atoms with E-state index in [-0.39, 0.29) is 18.5 Å². The van der Waals surface area contributed by atoms with Gasteiger partial charge in [-0.25, -0.2) is 0 Å². The molecule has 3 rings (SSSR count). The average Bonchev–Trinajstić information content (AvgIpc) is 2.80. The minimum atomic E-state index is -0.703. The number of rotatable bonds is 3. The second-order valence-electron chi connectivity index (χ2n) is 6.12. The summed E-state index contributed by atoms with van der Waals surface area (Å²) in [4.78, 5) is 38.7. The summed E-state index contributed by atoms with van der Waals surface area (Å²) >= 11 is 0. The lowest BCUT2D eigenvalue weighted by molar-refractivity contribution is -0.122. The highest BCUT2D eigenvalue weighted by atomic mass is 16.2. The van der Waals surface area contributed by atoms with Crippen molar-refractivity contribution in [1.29, 1.82) is 0 Å². The Bertz CT molecular complexity index is 814. The van der Waals surface area contributed by atoms with Gasteiger partial charge in [0, 0.05) is 6.04 Å². The van der Waals surface area contributed by atoms with Crippen molar-refractivity contribution in [3.05, 3.63) is 45.0 Å². The average molecular weight is 315 g/mol. The number of aromatic amines is 1. The first-order chi connectivity index (χ1) is 11.1. The van der Waals surface area contributed by atoms with Crippen LogP contribution in [0.4, 0.5) is 0 Å². The number of nitrogens with zero attached hydrogens (tertiary/aromatic N) is 1. The van der Waals surface area contributed by atoms with Crippen LogP contribution in [0.3, 0.4) is 0 Å². The fourth-order valence-electron chi connectivity index (χ4n) is 3.22. The molecular weight excluding hydrogens is 294 g/mol. The van der Waals surface area contributed by atoms with E-state index in [0.29, 0.717) is 11.0 Å². The van der Waals surface area contributed by atoms with Gasteiger partial charge in [0.25, 0.3) is 0 Å². The van der Waals surface area contributed by atoms with Crippen LogP contribution in [0.2, 0.25) is 0 Å². The van der Waals surface area contributed by atoms with Crippen molar-refractivity contribution < 1.29 is 4.79 Å². The van der Waals surface area contributed by atoms with Crippen molar-refractivity contribution in [1.82, 2.24) is 14.9 Å². The minimum Gasteiger partial charge on any atom is -0.352 e. The largest absolute Gasteiger partial charge is 0.352 e. The molecule has 0 atom stereocenters. The van der Waals surface area contributed by atoms with Gasteiger partial charge in [-0.15, -0.1) is 0 Å². The third kappa shape index (κ3) is 3.52. The van der Waals surface area contributed by atoms with E-state index in [2.05, 4.69) is 10.3 Å². The molecule has 0 saturated heterocycles. The third-order valence-electron chi connectivity index (χ3n) is 4.40. The number of para-hydroxylation sites is 2. The summed E-state index contributed by atoms with van der Waals surface area (Å²) in [5.74, 6) is -0.213. The predicted molar refractivity (Wildman–Crippen MR) is 88.5 cm³/mol. The second-order valence-corrected chi connectivity index (χ2v) is 6.12. The molecule has 0 unspecified atom stereocenters. The fourth-order valence-corrected chi connectivity index (χ4v) is 3.22. The lowest BCUT2D eigenvalue weighted by Crippen LogP contribution is -2.42. The van der Waals surface area contributed by atoms with Crippen LogP contribution in [0.1, 0.15) is 38.5 Å². The molecule has 0 spiro atoms. The Balaban J connectivity index is 1.83. The molecule has 6 heteroatoms. The molecule has 122 valence electrons. The Morgan fingerprint density at radius 3 is 2.57 bits per heavy atom. The molecule has 2 N–H and O–H groups in total. The quantitative estimate of drug-likeness (QED) is 0.665. The number of amides is 1. The number of aromatic nitrogens is 2. The van der Waals surface area contributed by atoms with Crippen molar-refractivity contribution in [2.45, 2.75) is 51.1 Å². The maximum Gasteiger partial charge on any atom is 0.317 e. The van der Waals surface area contributed by atoms with E-state index in [0.717, 1.165) is 25.7 Å². The van der Waals surface area contributed by atoms with Crippen molar-refractivity contribution in [3.8, 4) is 0 Å². The van der Waals surface area contributed by atoms with Crippen LogP contribution in [0.15, 0.2) is 33.9 Å². The molecule has 1 saturated carbocycles. The standard InChI is InChI=1S/C17H21N3O3/c21-15(18-12-7-3-1-2-4-8-12)11-20-14-10-6-5-9-13(14)19-16(22)17(20)23/h5-6,9-10,12H,1-4,7-8,11H2,(H,18,21)(H,19,22). The van der Waals surface area contributed by atoms with Crippen molar-refractivity contribution in [3.63, 3.8) is 0 Å². The Labute approximate surface area is 133 Å². The number of carbonyl (C=O) groups is 1. The van der Waals surface area contributed by atoms with Gasteiger partial charge in [-0.1, -0.05) is 37.8 Å². The molecular formula is C17H21N3O3. The maximum atomic E-state index is 12.3. The Kier molecular flexibility index (Phi) is 4.60. The summed E-state index contributed by atoms with van der Waals surface area (Å²) in [6.45, 7) is -0.125. The molecule has 2 aromatic rings. The van der Waals surface area contributed by atoms with E-state index in [1.807, 2.05) is 0 Å². The number of hydrogen-bond donors (Lipinski definition) is 2. The van der Waals surface area contributed by atoms with Gasteiger partial charge >= 0.3 is 11.1 Å². The van der Waals surface area contributed by atoms with Crippen LogP contribution in [-0.2, 0) is 11.3 Å². The number of hydrogen-bond acceptors (Lipinski definition) is 3. The molecule has 1 heterocycles. The van der Waals surface area contributed by atoms with Gasteiger partial charge in [-0.2, -0.15) is 0 Å². The summed E-state index contributed by atoms with van der Waals surface area (Å²) in [5.41, 5.74) is -0.279. The molecule has 1 amide bonds. The first-order valence-corrected chi connectivity index (χ1v) is 8.16. The number of carbonyl (C=O) groups excluding carboxylic acids is 1. The molecule has 23 heavy (non-hydrogen) atoms. The Morgan fingerprint density at radius 1 is 1.13 bits per heavy atom. The first kappa shape index (κ1) is 15.5. The lowest BCUT2D eigenvalue weighted by atomic mass is 10.1. The predicted octanol–water partition coefficient (Wildman–Crippen LogP) is 1.53. The summed E-state index contributed by atoms with van der Waals surface area (Å²) in [5, 5.41) is 3.01. The molecule has 6 nitrogen and oxygen atoms in total. The zero-order valence-electron chi connectivity index (χ0n) is 13.0. The molecule has 0 radical (unpaired) electrons. The number of benzene rings is 1. The molecule has 1 aromatic heterocycles. The molecule has 1 aliphatic rings. The van der Waals surface area contributed by atoms with Crippen LogP contribution >= 0.6 is 0 Å². The number of nitrogens with one attached hydrogen (secondary N) is 2. The summed E-state index contributed by atoms with van der Waals surface area (Å²) in [6.07, 6.45) is 6.64. The third-order valence-corrected chi connectivity index (χ3v) is 4.40. The highest BCUT2D eigenvalue weighted by molar-refractivity contribution is 5.80. The SMILES string of the molecule is O=C(Cn1c(=O)c(=O)[nH]c2ccccc21)NC1CCCCCC1. The first-order valence-electron chi connectivity index (χ1n) is 8.16. The van der Waals surface area contributed by atoms with Crippen LogP contribution < -0.4 is 16.4 Å². The number of fused-ring (bicyclic) bond motifs is 1. The molecule has 1 fully saturated rings. The van der Waals surface area contributed by atoms with Gasteiger partial charge in [-0.3, -0.25) is 19.0 Å². The van der Waals surface area contributed by atoms with E-state index in [9.17, 15) is 14.4 Å². The normalized spacial score (nSPS) is 16.2. The fraction of sp³-hybridized carbons (Fsp3) is 0.471. The van der Waals surface area contributed by atoms with Crippen LogP contribution in [0.5, 0.6) is 0 Å². The van der Waals surface area contributed by atoms with Crippen molar-refractivity contribution >= 4 is 16.9 Å². The Morgan fingerprint density at radius 2 is 1.83 bits per heavy atom. The van der Waals surface area contributed by atoms with E-state index in [1.165, 1.54) is 17.4 Å². The van der Waals surface area contributed by atoms with Gasteiger partial charge in [0.05, 0.1) is 11.0 Å². The van der Waals surface area contributed by atoms with Gasteiger partial charge < -0.3 is 10.3 Å². The summed E-state index contributed by atoms with van der Waals surface area (Å²) in [6, 6.07) is 7.17. The zero-order valence-corrected chi connectivity index (χ0v) is 13.0. The molecule has 0 bridgehead atoms. The summed E-state index contributed by atoms with van der Waals surface area (Å²) in [7, 11) is 0. The number of H-pyrrole nitrogens is 1. The maximum absolute atomic E-state index is 12.3. The molecule has 1 aliphatic carbocycles. The molecule has 1 aromatic carbocycles. The highest BCUT2D eigenvalue weighted by Crippen LogP contribution is 2.17. The van der Waals surface area contributed by atoms with Crippen LogP contribution in [-0.4, -0.2) is 21.5 Å². The minimum absolute atomic E-state index is 0.125. The van der Waals surface area contributed by atoms with E-state index in [4.69, 9.17) is 0 Å². The van der Waals surface area contributed by atoms with Gasteiger partial charge in [0.2, 0.25) is 5.91 Å². The van der Waals surface area contributed by atoms with Crippen molar-refractivity contribution in [2.24, 2.45) is 0 Å².